The fourth-order valence-corrected chi connectivity index (χ4v) is 3.11. The predicted octanol–water partition coefficient (Wildman–Crippen LogP) is 3.81. The fourth-order valence-electron chi connectivity index (χ4n) is 1.87. The van der Waals surface area contributed by atoms with E-state index >= 15 is 0 Å². The van der Waals surface area contributed by atoms with Gasteiger partial charge in [0.15, 0.2) is 7.28 Å². The zero-order valence-electron chi connectivity index (χ0n) is 9.06. The van der Waals surface area contributed by atoms with Crippen molar-refractivity contribution in [3.63, 3.8) is 0 Å². The Labute approximate surface area is 111 Å². The van der Waals surface area contributed by atoms with E-state index in [1.807, 2.05) is 18.2 Å². The summed E-state index contributed by atoms with van der Waals surface area (Å²) < 4.78 is 0. The minimum atomic E-state index is 0.807. The summed E-state index contributed by atoms with van der Waals surface area (Å²) in [6, 6.07) is 14.3. The second-order valence-electron chi connectivity index (χ2n) is 3.82. The third kappa shape index (κ3) is 2.15. The third-order valence-electron chi connectivity index (χ3n) is 2.70. The molecule has 2 aromatic carbocycles. The standard InChI is InChI=1S/C14H9BClS/c16-12-5-1-2-6-14(12)17-13-7-3-4-11-10(13)8-9-15-11/h1-9H. The maximum atomic E-state index is 6.18. The van der Waals surface area contributed by atoms with Crippen molar-refractivity contribution in [2.75, 3.05) is 0 Å². The summed E-state index contributed by atoms with van der Waals surface area (Å²) in [6.45, 7) is 0. The average Bonchev–Trinajstić information content (AvgIpc) is 2.81. The molecule has 1 aliphatic heterocycles. The first-order valence-electron chi connectivity index (χ1n) is 5.41. The molecule has 2 aromatic rings. The number of hydrogen-bond acceptors (Lipinski definition) is 1. The van der Waals surface area contributed by atoms with E-state index in [1.54, 1.807) is 11.8 Å². The van der Waals surface area contributed by atoms with Gasteiger partial charge in [0.25, 0.3) is 0 Å². The summed E-state index contributed by atoms with van der Waals surface area (Å²) >= 11 is 7.89. The van der Waals surface area contributed by atoms with Crippen molar-refractivity contribution in [3.05, 3.63) is 59.0 Å². The zero-order chi connectivity index (χ0) is 11.7. The van der Waals surface area contributed by atoms with Crippen molar-refractivity contribution in [1.29, 1.82) is 0 Å². The molecule has 0 saturated heterocycles. The summed E-state index contributed by atoms with van der Waals surface area (Å²) in [5.74, 6) is 2.08. The summed E-state index contributed by atoms with van der Waals surface area (Å²) in [7, 11) is 2.13. The molecule has 1 heterocycles. The topological polar surface area (TPSA) is 0 Å². The van der Waals surface area contributed by atoms with Crippen LogP contribution in [0.5, 0.6) is 0 Å². The maximum Gasteiger partial charge on any atom is 0.182 e. The van der Waals surface area contributed by atoms with Gasteiger partial charge in [-0.25, -0.2) is 0 Å². The van der Waals surface area contributed by atoms with Crippen LogP contribution in [0.1, 0.15) is 5.56 Å². The Bertz CT molecular complexity index is 593. The van der Waals surface area contributed by atoms with Crippen LogP contribution >= 0.6 is 23.4 Å². The molecular weight excluding hydrogens is 246 g/mol. The van der Waals surface area contributed by atoms with Crippen molar-refractivity contribution in [2.24, 2.45) is 0 Å². The van der Waals surface area contributed by atoms with Gasteiger partial charge in [0, 0.05) is 9.79 Å². The molecule has 3 rings (SSSR count). The van der Waals surface area contributed by atoms with Gasteiger partial charge in [-0.05, 0) is 23.8 Å². The quantitative estimate of drug-likeness (QED) is 0.736. The molecule has 1 radical (unpaired) electrons. The van der Waals surface area contributed by atoms with Crippen LogP contribution in [0, 0.1) is 0 Å². The second-order valence-corrected chi connectivity index (χ2v) is 5.31. The van der Waals surface area contributed by atoms with Gasteiger partial charge in [0.05, 0.1) is 5.02 Å². The summed E-state index contributed by atoms with van der Waals surface area (Å²) in [6.07, 6.45) is 2.15. The summed E-state index contributed by atoms with van der Waals surface area (Å²) in [5, 5.41) is 0.807. The minimum absolute atomic E-state index is 0.807. The van der Waals surface area contributed by atoms with E-state index in [4.69, 9.17) is 11.6 Å². The first-order valence-corrected chi connectivity index (χ1v) is 6.61. The maximum absolute atomic E-state index is 6.18. The van der Waals surface area contributed by atoms with Crippen LogP contribution in [0.15, 0.2) is 58.2 Å². The monoisotopic (exact) mass is 255 g/mol. The van der Waals surface area contributed by atoms with Gasteiger partial charge in [0.1, 0.15) is 0 Å². The van der Waals surface area contributed by atoms with E-state index in [2.05, 4.69) is 43.6 Å². The highest BCUT2D eigenvalue weighted by Gasteiger charge is 2.11. The molecule has 0 saturated carbocycles. The van der Waals surface area contributed by atoms with Crippen molar-refractivity contribution in [1.82, 2.24) is 0 Å². The Hall–Kier alpha value is -1.12. The number of halogens is 1. The number of rotatable bonds is 2. The van der Waals surface area contributed by atoms with Crippen molar-refractivity contribution >= 4 is 42.2 Å². The molecule has 0 N–H and O–H groups in total. The first kappa shape index (κ1) is 11.0. The highest BCUT2D eigenvalue weighted by Crippen LogP contribution is 2.35. The van der Waals surface area contributed by atoms with Crippen LogP contribution in [-0.4, -0.2) is 7.28 Å². The molecule has 0 nitrogen and oxygen atoms in total. The van der Waals surface area contributed by atoms with Gasteiger partial charge < -0.3 is 0 Å². The van der Waals surface area contributed by atoms with E-state index in [0.29, 0.717) is 0 Å². The van der Waals surface area contributed by atoms with Crippen molar-refractivity contribution in [3.8, 4) is 0 Å². The fraction of sp³-hybridized carbons (Fsp3) is 0. The van der Waals surface area contributed by atoms with Crippen LogP contribution in [0.2, 0.25) is 5.02 Å². The molecule has 17 heavy (non-hydrogen) atoms. The normalized spacial score (nSPS) is 12.3. The number of hydrogen-bond donors (Lipinski definition) is 0. The van der Waals surface area contributed by atoms with Crippen LogP contribution in [-0.2, 0) is 0 Å². The minimum Gasteiger partial charge on any atom is -0.116 e. The van der Waals surface area contributed by atoms with E-state index in [9.17, 15) is 0 Å². The molecule has 0 aromatic heterocycles. The van der Waals surface area contributed by atoms with E-state index in [0.717, 1.165) is 9.92 Å². The lowest BCUT2D eigenvalue weighted by molar-refractivity contribution is 1.40. The Morgan fingerprint density at radius 2 is 1.76 bits per heavy atom. The Morgan fingerprint density at radius 1 is 0.941 bits per heavy atom. The molecule has 0 amide bonds. The second kappa shape index (κ2) is 4.63. The van der Waals surface area contributed by atoms with E-state index in [1.165, 1.54) is 15.9 Å². The number of benzene rings is 2. The molecule has 0 bridgehead atoms. The Morgan fingerprint density at radius 3 is 2.65 bits per heavy atom. The van der Waals surface area contributed by atoms with Gasteiger partial charge in [-0.15, -0.1) is 5.98 Å². The Balaban J connectivity index is 1.99. The molecule has 0 spiro atoms. The Kier molecular flexibility index (Phi) is 3.00. The third-order valence-corrected chi connectivity index (χ3v) is 4.29. The van der Waals surface area contributed by atoms with Crippen molar-refractivity contribution < 1.29 is 0 Å². The van der Waals surface area contributed by atoms with Gasteiger partial charge in [0.2, 0.25) is 0 Å². The summed E-state index contributed by atoms with van der Waals surface area (Å²) in [4.78, 5) is 2.35. The highest BCUT2D eigenvalue weighted by atomic mass is 35.5. The molecule has 3 heteroatoms. The zero-order valence-corrected chi connectivity index (χ0v) is 10.6. The van der Waals surface area contributed by atoms with E-state index < -0.39 is 0 Å². The summed E-state index contributed by atoms with van der Waals surface area (Å²) in [5.41, 5.74) is 2.57. The van der Waals surface area contributed by atoms with Crippen molar-refractivity contribution in [2.45, 2.75) is 9.79 Å². The van der Waals surface area contributed by atoms with Gasteiger partial charge >= 0.3 is 0 Å². The van der Waals surface area contributed by atoms with Gasteiger partial charge in [-0.1, -0.05) is 59.2 Å². The average molecular weight is 256 g/mol. The predicted molar refractivity (Wildman–Crippen MR) is 76.4 cm³/mol. The highest BCUT2D eigenvalue weighted by molar-refractivity contribution is 7.99. The van der Waals surface area contributed by atoms with Crippen LogP contribution < -0.4 is 5.46 Å². The smallest absolute Gasteiger partial charge is 0.116 e. The van der Waals surface area contributed by atoms with Gasteiger partial charge in [-0.2, -0.15) is 0 Å². The molecule has 0 fully saturated rings. The molecule has 1 aliphatic rings. The lowest BCUT2D eigenvalue weighted by Crippen LogP contribution is -2.10. The lowest BCUT2D eigenvalue weighted by Gasteiger charge is -2.08. The molecule has 81 valence electrons. The molecule has 0 unspecified atom stereocenters. The van der Waals surface area contributed by atoms with E-state index in [-0.39, 0.29) is 0 Å². The SMILES string of the molecule is Clc1ccccc1Sc1cccc2c1C=C[B]2. The molecular formula is C14H9BClS. The number of fused-ring (bicyclic) bond motifs is 1. The lowest BCUT2D eigenvalue weighted by atomic mass is 9.73. The van der Waals surface area contributed by atoms with Crippen LogP contribution in [0.25, 0.3) is 6.08 Å². The van der Waals surface area contributed by atoms with Crippen LogP contribution in [0.4, 0.5) is 0 Å². The first-order chi connectivity index (χ1) is 8.34. The largest absolute Gasteiger partial charge is 0.182 e. The molecule has 0 aliphatic carbocycles. The van der Waals surface area contributed by atoms with Crippen LogP contribution in [0.3, 0.4) is 0 Å². The molecule has 0 atom stereocenters. The van der Waals surface area contributed by atoms with Gasteiger partial charge in [-0.3, -0.25) is 0 Å².